The SMILES string of the molecule is COc1ccc(OC)c(CN(C(C)=O)c2cc(N)ccc2Oc2ccccc2)c1. The third-order valence-corrected chi connectivity index (χ3v) is 4.44. The monoisotopic (exact) mass is 392 g/mol. The molecule has 0 saturated heterocycles. The van der Waals surface area contributed by atoms with Gasteiger partial charge in [0, 0.05) is 18.2 Å². The van der Waals surface area contributed by atoms with Gasteiger partial charge in [-0.15, -0.1) is 0 Å². The molecule has 0 unspecified atom stereocenters. The minimum absolute atomic E-state index is 0.154. The van der Waals surface area contributed by atoms with E-state index in [0.29, 0.717) is 34.4 Å². The van der Waals surface area contributed by atoms with Crippen LogP contribution in [0.15, 0.2) is 66.7 Å². The Kier molecular flexibility index (Phi) is 6.24. The van der Waals surface area contributed by atoms with E-state index in [4.69, 9.17) is 19.9 Å². The Morgan fingerprint density at radius 1 is 0.897 bits per heavy atom. The molecule has 2 N–H and O–H groups in total. The van der Waals surface area contributed by atoms with Gasteiger partial charge in [-0.1, -0.05) is 18.2 Å². The highest BCUT2D eigenvalue weighted by molar-refractivity contribution is 5.94. The average Bonchev–Trinajstić information content (AvgIpc) is 2.73. The number of nitrogen functional groups attached to an aromatic ring is 1. The van der Waals surface area contributed by atoms with Gasteiger partial charge in [0.1, 0.15) is 17.2 Å². The lowest BCUT2D eigenvalue weighted by molar-refractivity contribution is -0.116. The summed E-state index contributed by atoms with van der Waals surface area (Å²) in [6.07, 6.45) is 0. The minimum Gasteiger partial charge on any atom is -0.497 e. The molecule has 0 bridgehead atoms. The van der Waals surface area contributed by atoms with Crippen LogP contribution in [0.3, 0.4) is 0 Å². The van der Waals surface area contributed by atoms with Gasteiger partial charge in [-0.25, -0.2) is 0 Å². The molecule has 0 heterocycles. The second-order valence-electron chi connectivity index (χ2n) is 6.43. The zero-order chi connectivity index (χ0) is 20.8. The molecule has 3 aromatic rings. The summed E-state index contributed by atoms with van der Waals surface area (Å²) in [5.41, 5.74) is 7.92. The molecule has 0 atom stereocenters. The zero-order valence-electron chi connectivity index (χ0n) is 16.7. The predicted molar refractivity (Wildman–Crippen MR) is 114 cm³/mol. The van der Waals surface area contributed by atoms with Crippen molar-refractivity contribution in [1.29, 1.82) is 0 Å². The van der Waals surface area contributed by atoms with E-state index in [1.54, 1.807) is 37.3 Å². The quantitative estimate of drug-likeness (QED) is 0.594. The fourth-order valence-electron chi connectivity index (χ4n) is 2.99. The van der Waals surface area contributed by atoms with Gasteiger partial charge in [0.25, 0.3) is 0 Å². The van der Waals surface area contributed by atoms with Crippen LogP contribution in [-0.2, 0) is 11.3 Å². The summed E-state index contributed by atoms with van der Waals surface area (Å²) in [6, 6.07) is 20.1. The first-order chi connectivity index (χ1) is 14.0. The summed E-state index contributed by atoms with van der Waals surface area (Å²) in [5.74, 6) is 2.38. The number of nitrogens with two attached hydrogens (primary N) is 1. The van der Waals surface area contributed by atoms with E-state index in [1.165, 1.54) is 6.92 Å². The first-order valence-electron chi connectivity index (χ1n) is 9.13. The van der Waals surface area contributed by atoms with Crippen molar-refractivity contribution in [3.8, 4) is 23.0 Å². The molecule has 3 rings (SSSR count). The summed E-state index contributed by atoms with van der Waals surface area (Å²) < 4.78 is 16.8. The number of rotatable bonds is 7. The molecule has 0 aliphatic heterocycles. The maximum atomic E-state index is 12.6. The van der Waals surface area contributed by atoms with Crippen molar-refractivity contribution >= 4 is 17.3 Å². The van der Waals surface area contributed by atoms with Crippen molar-refractivity contribution in [3.05, 3.63) is 72.3 Å². The van der Waals surface area contributed by atoms with Crippen LogP contribution in [0.5, 0.6) is 23.0 Å². The number of para-hydroxylation sites is 1. The highest BCUT2D eigenvalue weighted by Gasteiger charge is 2.20. The molecule has 0 aliphatic rings. The first kappa shape index (κ1) is 20.1. The number of hydrogen-bond donors (Lipinski definition) is 1. The average molecular weight is 392 g/mol. The maximum Gasteiger partial charge on any atom is 0.224 e. The van der Waals surface area contributed by atoms with Crippen LogP contribution in [0.1, 0.15) is 12.5 Å². The van der Waals surface area contributed by atoms with E-state index in [1.807, 2.05) is 48.5 Å². The number of amides is 1. The molecule has 150 valence electrons. The molecule has 6 nitrogen and oxygen atoms in total. The molecule has 6 heteroatoms. The Morgan fingerprint density at radius 2 is 1.62 bits per heavy atom. The van der Waals surface area contributed by atoms with E-state index >= 15 is 0 Å². The van der Waals surface area contributed by atoms with Crippen LogP contribution in [0.2, 0.25) is 0 Å². The van der Waals surface area contributed by atoms with E-state index in [2.05, 4.69) is 0 Å². The number of anilines is 2. The molecule has 0 aliphatic carbocycles. The van der Waals surface area contributed by atoms with Crippen LogP contribution < -0.4 is 24.8 Å². The van der Waals surface area contributed by atoms with Crippen molar-refractivity contribution in [2.24, 2.45) is 0 Å². The van der Waals surface area contributed by atoms with Crippen LogP contribution in [-0.4, -0.2) is 20.1 Å². The molecule has 0 radical (unpaired) electrons. The third-order valence-electron chi connectivity index (χ3n) is 4.44. The number of carbonyl (C=O) groups is 1. The van der Waals surface area contributed by atoms with Crippen LogP contribution in [0.25, 0.3) is 0 Å². The van der Waals surface area contributed by atoms with E-state index in [-0.39, 0.29) is 12.5 Å². The Labute approximate surface area is 170 Å². The molecule has 29 heavy (non-hydrogen) atoms. The summed E-state index contributed by atoms with van der Waals surface area (Å²) >= 11 is 0. The standard InChI is InChI=1S/C23H24N2O4/c1-16(26)25(15-17-13-20(27-2)10-12-22(17)28-3)21-14-18(24)9-11-23(21)29-19-7-5-4-6-8-19/h4-14H,15,24H2,1-3H3. The molecule has 0 aromatic heterocycles. The Morgan fingerprint density at radius 3 is 2.28 bits per heavy atom. The number of methoxy groups -OCH3 is 2. The predicted octanol–water partition coefficient (Wildman–Crippen LogP) is 4.63. The van der Waals surface area contributed by atoms with Crippen LogP contribution in [0.4, 0.5) is 11.4 Å². The third kappa shape index (κ3) is 4.79. The van der Waals surface area contributed by atoms with Gasteiger partial charge in [-0.2, -0.15) is 0 Å². The molecule has 0 spiro atoms. The number of ether oxygens (including phenoxy) is 3. The lowest BCUT2D eigenvalue weighted by Crippen LogP contribution is -2.28. The van der Waals surface area contributed by atoms with Gasteiger partial charge in [0.05, 0.1) is 26.5 Å². The fraction of sp³-hybridized carbons (Fsp3) is 0.174. The van der Waals surface area contributed by atoms with E-state index in [9.17, 15) is 4.79 Å². The molecular formula is C23H24N2O4. The number of nitrogens with zero attached hydrogens (tertiary/aromatic N) is 1. The summed E-state index contributed by atoms with van der Waals surface area (Å²) in [4.78, 5) is 14.2. The lowest BCUT2D eigenvalue weighted by Gasteiger charge is -2.25. The highest BCUT2D eigenvalue weighted by atomic mass is 16.5. The van der Waals surface area contributed by atoms with Gasteiger partial charge in [-0.05, 0) is 48.5 Å². The summed E-state index contributed by atoms with van der Waals surface area (Å²) in [6.45, 7) is 1.77. The number of carbonyl (C=O) groups excluding carboxylic acids is 1. The minimum atomic E-state index is -0.154. The van der Waals surface area contributed by atoms with Gasteiger partial charge in [0.15, 0.2) is 5.75 Å². The van der Waals surface area contributed by atoms with Gasteiger partial charge >= 0.3 is 0 Å². The van der Waals surface area contributed by atoms with Crippen molar-refractivity contribution in [2.45, 2.75) is 13.5 Å². The van der Waals surface area contributed by atoms with Gasteiger partial charge < -0.3 is 24.8 Å². The van der Waals surface area contributed by atoms with Crippen molar-refractivity contribution in [2.75, 3.05) is 24.9 Å². The largest absolute Gasteiger partial charge is 0.497 e. The van der Waals surface area contributed by atoms with E-state index < -0.39 is 0 Å². The molecule has 1 amide bonds. The Bertz CT molecular complexity index is 989. The lowest BCUT2D eigenvalue weighted by atomic mass is 10.1. The smallest absolute Gasteiger partial charge is 0.224 e. The zero-order valence-corrected chi connectivity index (χ0v) is 16.7. The fourth-order valence-corrected chi connectivity index (χ4v) is 2.99. The van der Waals surface area contributed by atoms with Crippen molar-refractivity contribution in [3.63, 3.8) is 0 Å². The van der Waals surface area contributed by atoms with Crippen molar-refractivity contribution in [1.82, 2.24) is 0 Å². The normalized spacial score (nSPS) is 10.3. The van der Waals surface area contributed by atoms with E-state index in [0.717, 1.165) is 5.56 Å². The highest BCUT2D eigenvalue weighted by Crippen LogP contribution is 2.36. The van der Waals surface area contributed by atoms with Crippen LogP contribution >= 0.6 is 0 Å². The van der Waals surface area contributed by atoms with Crippen LogP contribution in [0, 0.1) is 0 Å². The second kappa shape index (κ2) is 9.01. The molecule has 0 saturated carbocycles. The number of hydrogen-bond acceptors (Lipinski definition) is 5. The van der Waals surface area contributed by atoms with Crippen molar-refractivity contribution < 1.29 is 19.0 Å². The Hall–Kier alpha value is -3.67. The van der Waals surface area contributed by atoms with Gasteiger partial charge in [0.2, 0.25) is 5.91 Å². The Balaban J connectivity index is 2.02. The topological polar surface area (TPSA) is 74.0 Å². The second-order valence-corrected chi connectivity index (χ2v) is 6.43. The molecule has 3 aromatic carbocycles. The number of benzene rings is 3. The summed E-state index contributed by atoms with van der Waals surface area (Å²) in [7, 11) is 3.19. The molecular weight excluding hydrogens is 368 g/mol. The summed E-state index contributed by atoms with van der Waals surface area (Å²) in [5, 5.41) is 0. The maximum absolute atomic E-state index is 12.6. The first-order valence-corrected chi connectivity index (χ1v) is 9.13. The molecule has 0 fully saturated rings. The van der Waals surface area contributed by atoms with Gasteiger partial charge in [-0.3, -0.25) is 4.79 Å².